The summed E-state index contributed by atoms with van der Waals surface area (Å²) < 4.78 is 31.2. The molecule has 1 amide bonds. The molecule has 0 aliphatic heterocycles. The average Bonchev–Trinajstić information content (AvgIpc) is 2.70. The lowest BCUT2D eigenvalue weighted by atomic mass is 10.0. The minimum atomic E-state index is -3.45. The number of anilines is 1. The van der Waals surface area contributed by atoms with E-state index in [1.54, 1.807) is 24.3 Å². The zero-order valence-corrected chi connectivity index (χ0v) is 18.1. The number of ether oxygens (including phenoxy) is 1. The van der Waals surface area contributed by atoms with Crippen molar-refractivity contribution in [2.75, 3.05) is 23.7 Å². The monoisotopic (exact) mass is 418 g/mol. The molecular formula is C22H30N2O4S. The van der Waals surface area contributed by atoms with E-state index in [0.717, 1.165) is 12.0 Å². The molecule has 1 N–H and O–H groups in total. The lowest BCUT2D eigenvalue weighted by Crippen LogP contribution is -2.33. The molecular weight excluding hydrogens is 388 g/mol. The van der Waals surface area contributed by atoms with E-state index < -0.39 is 10.0 Å². The summed E-state index contributed by atoms with van der Waals surface area (Å²) in [5, 5.41) is 3.03. The van der Waals surface area contributed by atoms with E-state index in [0.29, 0.717) is 24.5 Å². The number of carbonyl (C=O) groups excluding carboxylic acids is 1. The molecule has 2 rings (SSSR count). The van der Waals surface area contributed by atoms with Crippen molar-refractivity contribution in [2.45, 2.75) is 39.2 Å². The molecule has 6 nitrogen and oxygen atoms in total. The fourth-order valence-corrected chi connectivity index (χ4v) is 4.08. The van der Waals surface area contributed by atoms with Gasteiger partial charge in [0.05, 0.1) is 24.6 Å². The number of sulfonamides is 1. The van der Waals surface area contributed by atoms with Gasteiger partial charge in [0.25, 0.3) is 0 Å². The van der Waals surface area contributed by atoms with Crippen molar-refractivity contribution < 1.29 is 17.9 Å². The summed E-state index contributed by atoms with van der Waals surface area (Å²) >= 11 is 0. The molecule has 1 atom stereocenters. The second-order valence-corrected chi connectivity index (χ2v) is 8.71. The molecule has 0 aromatic heterocycles. The Morgan fingerprint density at radius 2 is 1.72 bits per heavy atom. The predicted molar refractivity (Wildman–Crippen MR) is 117 cm³/mol. The molecule has 0 aliphatic rings. The smallest absolute Gasteiger partial charge is 0.232 e. The molecule has 0 saturated heterocycles. The second kappa shape index (κ2) is 10.9. The molecule has 158 valence electrons. The first-order valence-electron chi connectivity index (χ1n) is 9.90. The van der Waals surface area contributed by atoms with Gasteiger partial charge >= 0.3 is 0 Å². The van der Waals surface area contributed by atoms with Gasteiger partial charge in [-0.3, -0.25) is 9.10 Å². The zero-order chi connectivity index (χ0) is 21.3. The second-order valence-electron chi connectivity index (χ2n) is 6.80. The fourth-order valence-electron chi connectivity index (χ4n) is 3.12. The molecule has 0 saturated carbocycles. The molecule has 0 spiro atoms. The summed E-state index contributed by atoms with van der Waals surface area (Å²) in [6.45, 7) is 4.70. The van der Waals surface area contributed by atoms with Gasteiger partial charge in [-0.15, -0.1) is 0 Å². The highest BCUT2D eigenvalue weighted by Gasteiger charge is 2.18. The Morgan fingerprint density at radius 1 is 1.07 bits per heavy atom. The molecule has 7 heteroatoms. The Bertz CT molecular complexity index is 867. The third-order valence-electron chi connectivity index (χ3n) is 4.55. The van der Waals surface area contributed by atoms with Crippen LogP contribution in [0, 0.1) is 0 Å². The largest absolute Gasteiger partial charge is 0.494 e. The minimum Gasteiger partial charge on any atom is -0.494 e. The van der Waals surface area contributed by atoms with Crippen LogP contribution in [-0.4, -0.2) is 33.7 Å². The van der Waals surface area contributed by atoms with Crippen LogP contribution in [0.1, 0.15) is 44.7 Å². The lowest BCUT2D eigenvalue weighted by molar-refractivity contribution is -0.121. The van der Waals surface area contributed by atoms with Crippen molar-refractivity contribution in [1.82, 2.24) is 5.32 Å². The molecule has 2 aromatic rings. The highest BCUT2D eigenvalue weighted by atomic mass is 32.2. The third kappa shape index (κ3) is 7.09. The summed E-state index contributed by atoms with van der Waals surface area (Å²) in [6, 6.07) is 16.7. The maximum atomic E-state index is 12.4. The molecule has 0 fully saturated rings. The zero-order valence-electron chi connectivity index (χ0n) is 17.3. The van der Waals surface area contributed by atoms with Crippen LogP contribution in [0.3, 0.4) is 0 Å². The normalized spacial score (nSPS) is 12.2. The Labute approximate surface area is 173 Å². The van der Waals surface area contributed by atoms with Crippen LogP contribution >= 0.6 is 0 Å². The van der Waals surface area contributed by atoms with Gasteiger partial charge in [0, 0.05) is 13.0 Å². The van der Waals surface area contributed by atoms with Crippen molar-refractivity contribution in [3.8, 4) is 5.75 Å². The van der Waals surface area contributed by atoms with E-state index in [1.807, 2.05) is 44.2 Å². The Morgan fingerprint density at radius 3 is 2.28 bits per heavy atom. The average molecular weight is 419 g/mol. The van der Waals surface area contributed by atoms with E-state index in [2.05, 4.69) is 5.32 Å². The van der Waals surface area contributed by atoms with E-state index in [-0.39, 0.29) is 24.9 Å². The molecule has 0 radical (unpaired) electrons. The van der Waals surface area contributed by atoms with Gasteiger partial charge in [-0.1, -0.05) is 37.3 Å². The maximum absolute atomic E-state index is 12.4. The molecule has 0 bridgehead atoms. The third-order valence-corrected chi connectivity index (χ3v) is 5.74. The number of carbonyl (C=O) groups is 1. The predicted octanol–water partition coefficient (Wildman–Crippen LogP) is 3.90. The van der Waals surface area contributed by atoms with Crippen LogP contribution in [-0.2, 0) is 14.8 Å². The topological polar surface area (TPSA) is 75.7 Å². The highest BCUT2D eigenvalue weighted by Crippen LogP contribution is 2.22. The number of hydrogen-bond acceptors (Lipinski definition) is 4. The standard InChI is InChI=1S/C22H30N2O4S/c1-4-21(18-10-7-6-8-11-18)23-22(25)12-9-17-24(29(3,26)27)19-13-15-20(16-14-19)28-5-2/h6-8,10-11,13-16,21H,4-5,9,12,17H2,1-3H3,(H,23,25). The number of rotatable bonds is 11. The number of benzene rings is 2. The van der Waals surface area contributed by atoms with E-state index in [9.17, 15) is 13.2 Å². The summed E-state index contributed by atoms with van der Waals surface area (Å²) in [4.78, 5) is 12.4. The maximum Gasteiger partial charge on any atom is 0.232 e. The van der Waals surface area contributed by atoms with E-state index in [4.69, 9.17) is 4.74 Å². The van der Waals surface area contributed by atoms with Gasteiger partial charge in [0.1, 0.15) is 5.75 Å². The lowest BCUT2D eigenvalue weighted by Gasteiger charge is -2.23. The van der Waals surface area contributed by atoms with Crippen LogP contribution in [0.2, 0.25) is 0 Å². The van der Waals surface area contributed by atoms with Gasteiger partial charge in [-0.05, 0) is 49.6 Å². The Kier molecular flexibility index (Phi) is 8.51. The van der Waals surface area contributed by atoms with Crippen molar-refractivity contribution in [1.29, 1.82) is 0 Å². The van der Waals surface area contributed by atoms with Gasteiger partial charge in [-0.2, -0.15) is 0 Å². The van der Waals surface area contributed by atoms with Gasteiger partial charge in [-0.25, -0.2) is 8.42 Å². The molecule has 29 heavy (non-hydrogen) atoms. The highest BCUT2D eigenvalue weighted by molar-refractivity contribution is 7.92. The molecule has 1 unspecified atom stereocenters. The van der Waals surface area contributed by atoms with Gasteiger partial charge in [0.15, 0.2) is 0 Å². The Hall–Kier alpha value is -2.54. The van der Waals surface area contributed by atoms with E-state index in [1.165, 1.54) is 10.6 Å². The number of nitrogens with one attached hydrogen (secondary N) is 1. The van der Waals surface area contributed by atoms with Crippen LogP contribution in [0.15, 0.2) is 54.6 Å². The number of hydrogen-bond donors (Lipinski definition) is 1. The first kappa shape index (κ1) is 22.7. The quantitative estimate of drug-likeness (QED) is 0.600. The molecule has 0 heterocycles. The molecule has 0 aliphatic carbocycles. The van der Waals surface area contributed by atoms with Crippen molar-refractivity contribution in [3.05, 3.63) is 60.2 Å². The fraction of sp³-hybridized carbons (Fsp3) is 0.409. The van der Waals surface area contributed by atoms with Crippen LogP contribution in [0.5, 0.6) is 5.75 Å². The van der Waals surface area contributed by atoms with Crippen LogP contribution in [0.25, 0.3) is 0 Å². The number of amides is 1. The summed E-state index contributed by atoms with van der Waals surface area (Å²) in [5.74, 6) is 0.608. The first-order chi connectivity index (χ1) is 13.8. The number of nitrogens with zero attached hydrogens (tertiary/aromatic N) is 1. The SMILES string of the molecule is CCOc1ccc(N(CCCC(=O)NC(CC)c2ccccc2)S(C)(=O)=O)cc1. The van der Waals surface area contributed by atoms with Crippen molar-refractivity contribution in [2.24, 2.45) is 0 Å². The van der Waals surface area contributed by atoms with Gasteiger partial charge < -0.3 is 10.1 Å². The first-order valence-corrected chi connectivity index (χ1v) is 11.7. The summed E-state index contributed by atoms with van der Waals surface area (Å²) in [6.07, 6.45) is 2.65. The van der Waals surface area contributed by atoms with E-state index >= 15 is 0 Å². The minimum absolute atomic E-state index is 0.0409. The van der Waals surface area contributed by atoms with Gasteiger partial charge in [0.2, 0.25) is 15.9 Å². The van der Waals surface area contributed by atoms with Crippen molar-refractivity contribution >= 4 is 21.6 Å². The Balaban J connectivity index is 1.95. The van der Waals surface area contributed by atoms with Crippen LogP contribution < -0.4 is 14.4 Å². The summed E-state index contributed by atoms with van der Waals surface area (Å²) in [5.41, 5.74) is 1.63. The van der Waals surface area contributed by atoms with Crippen LogP contribution in [0.4, 0.5) is 5.69 Å². The summed E-state index contributed by atoms with van der Waals surface area (Å²) in [7, 11) is -3.45. The van der Waals surface area contributed by atoms with Crippen molar-refractivity contribution in [3.63, 3.8) is 0 Å². The molecule has 2 aromatic carbocycles.